The molecule has 0 spiro atoms. The third kappa shape index (κ3) is 4.06. The van der Waals surface area contributed by atoms with E-state index in [0.29, 0.717) is 11.4 Å². The molecule has 0 unspecified atom stereocenters. The summed E-state index contributed by atoms with van der Waals surface area (Å²) < 4.78 is 5.17. The fourth-order valence-electron chi connectivity index (χ4n) is 2.43. The Kier molecular flexibility index (Phi) is 5.14. The molecule has 0 aliphatic rings. The van der Waals surface area contributed by atoms with Crippen LogP contribution in [0, 0.1) is 13.8 Å². The molecule has 0 atom stereocenters. The second-order valence-electron chi connectivity index (χ2n) is 5.83. The van der Waals surface area contributed by atoms with Crippen LogP contribution in [0.15, 0.2) is 48.5 Å². The highest BCUT2D eigenvalue weighted by Gasteiger charge is 2.16. The van der Waals surface area contributed by atoms with Crippen LogP contribution in [-0.2, 0) is 6.54 Å². The summed E-state index contributed by atoms with van der Waals surface area (Å²) in [5.41, 5.74) is 4.01. The van der Waals surface area contributed by atoms with Crippen molar-refractivity contribution in [3.05, 3.63) is 70.2 Å². The summed E-state index contributed by atoms with van der Waals surface area (Å²) in [6.45, 7) is 4.42. The number of amides is 1. The van der Waals surface area contributed by atoms with Crippen LogP contribution in [0.3, 0.4) is 0 Å². The lowest BCUT2D eigenvalue weighted by atomic mass is 10.1. The Morgan fingerprint density at radius 2 is 1.76 bits per heavy atom. The number of aromatic nitrogens is 1. The smallest absolute Gasteiger partial charge is 0.263 e. The predicted molar refractivity (Wildman–Crippen MR) is 101 cm³/mol. The zero-order valence-electron chi connectivity index (χ0n) is 14.5. The molecule has 0 aliphatic carbocycles. The van der Waals surface area contributed by atoms with Gasteiger partial charge in [-0.1, -0.05) is 29.8 Å². The first-order valence-corrected chi connectivity index (χ1v) is 8.84. The molecule has 0 saturated carbocycles. The van der Waals surface area contributed by atoms with Gasteiger partial charge in [-0.3, -0.25) is 4.79 Å². The lowest BCUT2D eigenvalue weighted by Crippen LogP contribution is -2.22. The first-order valence-electron chi connectivity index (χ1n) is 8.02. The van der Waals surface area contributed by atoms with E-state index < -0.39 is 0 Å². The molecule has 25 heavy (non-hydrogen) atoms. The minimum absolute atomic E-state index is 0.0877. The monoisotopic (exact) mass is 352 g/mol. The van der Waals surface area contributed by atoms with Gasteiger partial charge in [0.1, 0.15) is 15.6 Å². The van der Waals surface area contributed by atoms with Crippen LogP contribution in [0.2, 0.25) is 0 Å². The van der Waals surface area contributed by atoms with Gasteiger partial charge in [-0.15, -0.1) is 11.3 Å². The quantitative estimate of drug-likeness (QED) is 0.742. The standard InChI is InChI=1S/C20H20N2O2S/c1-13-4-6-15(7-5-13)12-21-19(23)18-14(2)22-20(25-18)16-8-10-17(24-3)11-9-16/h4-11H,12H2,1-3H3,(H,21,23). The Bertz CT molecular complexity index is 868. The maximum atomic E-state index is 12.5. The van der Waals surface area contributed by atoms with Gasteiger partial charge in [-0.25, -0.2) is 4.98 Å². The Morgan fingerprint density at radius 3 is 2.40 bits per heavy atom. The van der Waals surface area contributed by atoms with E-state index in [-0.39, 0.29) is 5.91 Å². The zero-order chi connectivity index (χ0) is 17.8. The second-order valence-corrected chi connectivity index (χ2v) is 6.83. The van der Waals surface area contributed by atoms with Gasteiger partial charge in [0.2, 0.25) is 0 Å². The molecule has 2 aromatic carbocycles. The third-order valence-corrected chi connectivity index (χ3v) is 5.12. The van der Waals surface area contributed by atoms with Crippen LogP contribution in [0.4, 0.5) is 0 Å². The first kappa shape index (κ1) is 17.2. The van der Waals surface area contributed by atoms with Gasteiger partial charge < -0.3 is 10.1 Å². The van der Waals surface area contributed by atoms with Gasteiger partial charge in [0.25, 0.3) is 5.91 Å². The fraction of sp³-hybridized carbons (Fsp3) is 0.200. The van der Waals surface area contributed by atoms with Crippen molar-refractivity contribution in [2.75, 3.05) is 7.11 Å². The fourth-order valence-corrected chi connectivity index (χ4v) is 3.42. The average molecular weight is 352 g/mol. The summed E-state index contributed by atoms with van der Waals surface area (Å²) in [7, 11) is 1.64. The molecule has 0 aliphatic heterocycles. The van der Waals surface area contributed by atoms with E-state index in [9.17, 15) is 4.79 Å². The van der Waals surface area contributed by atoms with Gasteiger partial charge in [0.15, 0.2) is 0 Å². The molecule has 3 aromatic rings. The van der Waals surface area contributed by atoms with Crippen molar-refractivity contribution in [1.29, 1.82) is 0 Å². The van der Waals surface area contributed by atoms with Gasteiger partial charge >= 0.3 is 0 Å². The number of aryl methyl sites for hydroxylation is 2. The number of rotatable bonds is 5. The molecule has 4 nitrogen and oxygen atoms in total. The van der Waals surface area contributed by atoms with E-state index in [1.54, 1.807) is 7.11 Å². The van der Waals surface area contributed by atoms with Crippen LogP contribution in [0.1, 0.15) is 26.5 Å². The molecule has 0 radical (unpaired) electrons. The molecule has 0 fully saturated rings. The van der Waals surface area contributed by atoms with Crippen LogP contribution in [-0.4, -0.2) is 18.0 Å². The van der Waals surface area contributed by atoms with Crippen molar-refractivity contribution in [3.8, 4) is 16.3 Å². The van der Waals surface area contributed by atoms with E-state index >= 15 is 0 Å². The number of hydrogen-bond acceptors (Lipinski definition) is 4. The van der Waals surface area contributed by atoms with E-state index in [1.165, 1.54) is 16.9 Å². The first-order chi connectivity index (χ1) is 12.1. The number of nitrogens with zero attached hydrogens (tertiary/aromatic N) is 1. The van der Waals surface area contributed by atoms with Crippen molar-refractivity contribution < 1.29 is 9.53 Å². The number of carbonyl (C=O) groups is 1. The summed E-state index contributed by atoms with van der Waals surface area (Å²) >= 11 is 1.41. The maximum Gasteiger partial charge on any atom is 0.263 e. The third-order valence-electron chi connectivity index (χ3n) is 3.91. The molecule has 1 aromatic heterocycles. The lowest BCUT2D eigenvalue weighted by Gasteiger charge is -2.04. The normalized spacial score (nSPS) is 10.5. The zero-order valence-corrected chi connectivity index (χ0v) is 15.3. The van der Waals surface area contributed by atoms with Crippen LogP contribution in [0.25, 0.3) is 10.6 Å². The van der Waals surface area contributed by atoms with Gasteiger partial charge in [0.05, 0.1) is 12.8 Å². The summed E-state index contributed by atoms with van der Waals surface area (Å²) in [6, 6.07) is 15.8. The van der Waals surface area contributed by atoms with Crippen LogP contribution >= 0.6 is 11.3 Å². The van der Waals surface area contributed by atoms with Crippen molar-refractivity contribution in [2.45, 2.75) is 20.4 Å². The van der Waals surface area contributed by atoms with Gasteiger partial charge in [0, 0.05) is 12.1 Å². The number of thiazole rings is 1. The van der Waals surface area contributed by atoms with Crippen molar-refractivity contribution in [2.24, 2.45) is 0 Å². The number of hydrogen-bond donors (Lipinski definition) is 1. The number of ether oxygens (including phenoxy) is 1. The summed E-state index contributed by atoms with van der Waals surface area (Å²) in [5, 5.41) is 3.80. The number of carbonyl (C=O) groups excluding carboxylic acids is 1. The molecule has 128 valence electrons. The van der Waals surface area contributed by atoms with E-state index in [0.717, 1.165) is 27.6 Å². The molecule has 1 heterocycles. The van der Waals surface area contributed by atoms with Gasteiger partial charge in [-0.2, -0.15) is 0 Å². The highest BCUT2D eigenvalue weighted by Crippen LogP contribution is 2.29. The Labute approximate surface area is 151 Å². The minimum atomic E-state index is -0.0877. The molecule has 3 rings (SSSR count). The highest BCUT2D eigenvalue weighted by molar-refractivity contribution is 7.17. The molecule has 5 heteroatoms. The molecule has 1 N–H and O–H groups in total. The second kappa shape index (κ2) is 7.49. The number of benzene rings is 2. The predicted octanol–water partition coefficient (Wildman–Crippen LogP) is 4.37. The van der Waals surface area contributed by atoms with Crippen molar-refractivity contribution in [1.82, 2.24) is 10.3 Å². The molecule has 0 saturated heterocycles. The van der Waals surface area contributed by atoms with Crippen molar-refractivity contribution in [3.63, 3.8) is 0 Å². The summed E-state index contributed by atoms with van der Waals surface area (Å²) in [4.78, 5) is 17.7. The number of methoxy groups -OCH3 is 1. The highest BCUT2D eigenvalue weighted by atomic mass is 32.1. The Balaban J connectivity index is 1.72. The summed E-state index contributed by atoms with van der Waals surface area (Å²) in [5.74, 6) is 0.712. The Morgan fingerprint density at radius 1 is 1.08 bits per heavy atom. The lowest BCUT2D eigenvalue weighted by molar-refractivity contribution is 0.0954. The van der Waals surface area contributed by atoms with Gasteiger partial charge in [-0.05, 0) is 43.7 Å². The van der Waals surface area contributed by atoms with E-state index in [1.807, 2.05) is 62.4 Å². The largest absolute Gasteiger partial charge is 0.497 e. The topological polar surface area (TPSA) is 51.2 Å². The molecular weight excluding hydrogens is 332 g/mol. The maximum absolute atomic E-state index is 12.5. The molecule has 0 bridgehead atoms. The van der Waals surface area contributed by atoms with Crippen LogP contribution in [0.5, 0.6) is 5.75 Å². The Hall–Kier alpha value is -2.66. The van der Waals surface area contributed by atoms with E-state index in [4.69, 9.17) is 4.74 Å². The number of nitrogens with one attached hydrogen (secondary N) is 1. The van der Waals surface area contributed by atoms with E-state index in [2.05, 4.69) is 10.3 Å². The molecule has 1 amide bonds. The average Bonchev–Trinajstić information content (AvgIpc) is 3.03. The van der Waals surface area contributed by atoms with Crippen LogP contribution < -0.4 is 10.1 Å². The minimum Gasteiger partial charge on any atom is -0.497 e. The molecular formula is C20H20N2O2S. The SMILES string of the molecule is COc1ccc(-c2nc(C)c(C(=O)NCc3ccc(C)cc3)s2)cc1. The summed E-state index contributed by atoms with van der Waals surface area (Å²) in [6.07, 6.45) is 0. The van der Waals surface area contributed by atoms with Crippen molar-refractivity contribution >= 4 is 17.2 Å².